The van der Waals surface area contributed by atoms with Crippen molar-refractivity contribution in [2.45, 2.75) is 39.3 Å². The van der Waals surface area contributed by atoms with Crippen molar-refractivity contribution in [3.05, 3.63) is 53.3 Å². The highest BCUT2D eigenvalue weighted by molar-refractivity contribution is 5.42. The highest BCUT2D eigenvalue weighted by Crippen LogP contribution is 2.40. The normalized spacial score (nSPS) is 20.7. The molecule has 1 unspecified atom stereocenters. The van der Waals surface area contributed by atoms with Crippen LogP contribution in [0.5, 0.6) is 0 Å². The second-order valence-corrected chi connectivity index (χ2v) is 6.56. The van der Waals surface area contributed by atoms with Gasteiger partial charge in [-0.05, 0) is 47.6 Å². The molecule has 2 aromatic rings. The first-order chi connectivity index (χ1) is 9.50. The molecule has 1 atom stereocenters. The number of aromatic nitrogens is 1. The Bertz CT molecular complexity index is 610. The summed E-state index contributed by atoms with van der Waals surface area (Å²) in [7, 11) is 0. The number of fused-ring (bicyclic) bond motifs is 1. The first-order valence-corrected chi connectivity index (χ1v) is 7.16. The quantitative estimate of drug-likeness (QED) is 0.881. The third-order valence-corrected chi connectivity index (χ3v) is 4.24. The molecule has 3 rings (SSSR count). The van der Waals surface area contributed by atoms with Crippen LogP contribution in [0.3, 0.4) is 0 Å². The highest BCUT2D eigenvalue weighted by Gasteiger charge is 2.32. The predicted molar refractivity (Wildman–Crippen MR) is 80.7 cm³/mol. The first-order valence-electron chi connectivity index (χ1n) is 7.16. The highest BCUT2D eigenvalue weighted by atomic mass is 16.3. The van der Waals surface area contributed by atoms with Crippen LogP contribution < -0.4 is 5.73 Å². The molecule has 0 aliphatic heterocycles. The van der Waals surface area contributed by atoms with Gasteiger partial charge in [0.15, 0.2) is 0 Å². The Morgan fingerprint density at radius 1 is 1.25 bits per heavy atom. The van der Waals surface area contributed by atoms with Crippen molar-refractivity contribution in [3.63, 3.8) is 0 Å². The summed E-state index contributed by atoms with van der Waals surface area (Å²) < 4.78 is 2.23. The van der Waals surface area contributed by atoms with Gasteiger partial charge in [-0.1, -0.05) is 26.0 Å². The molecule has 1 aromatic carbocycles. The number of aliphatic hydroxyl groups excluding tert-OH is 1. The molecule has 0 bridgehead atoms. The molecule has 0 saturated carbocycles. The second-order valence-electron chi connectivity index (χ2n) is 6.56. The fourth-order valence-electron chi connectivity index (χ4n) is 3.24. The summed E-state index contributed by atoms with van der Waals surface area (Å²) in [5.74, 6) is 0. The lowest BCUT2D eigenvalue weighted by Crippen LogP contribution is -2.30. The van der Waals surface area contributed by atoms with Crippen LogP contribution in [-0.2, 0) is 13.0 Å². The van der Waals surface area contributed by atoms with E-state index < -0.39 is 0 Å². The molecule has 3 N–H and O–H groups in total. The molecule has 0 amide bonds. The third kappa shape index (κ3) is 2.28. The molecule has 1 aromatic heterocycles. The number of nitrogens with two attached hydrogens (primary N) is 1. The average molecular weight is 270 g/mol. The summed E-state index contributed by atoms with van der Waals surface area (Å²) in [6.07, 6.45) is 4.19. The zero-order valence-electron chi connectivity index (χ0n) is 12.1. The fraction of sp³-hybridized carbons (Fsp3) is 0.412. The van der Waals surface area contributed by atoms with Crippen LogP contribution in [0.4, 0.5) is 0 Å². The van der Waals surface area contributed by atoms with Crippen LogP contribution in [0.25, 0.3) is 5.69 Å². The Balaban J connectivity index is 2.03. The molecule has 0 radical (unpaired) electrons. The van der Waals surface area contributed by atoms with E-state index in [0.717, 1.165) is 24.1 Å². The van der Waals surface area contributed by atoms with E-state index in [1.807, 2.05) is 12.1 Å². The average Bonchev–Trinajstić information content (AvgIpc) is 2.81. The van der Waals surface area contributed by atoms with Gasteiger partial charge in [-0.3, -0.25) is 0 Å². The van der Waals surface area contributed by atoms with Crippen molar-refractivity contribution in [3.8, 4) is 5.69 Å². The van der Waals surface area contributed by atoms with Gasteiger partial charge < -0.3 is 15.4 Å². The van der Waals surface area contributed by atoms with Crippen molar-refractivity contribution in [1.82, 2.24) is 4.57 Å². The van der Waals surface area contributed by atoms with Gasteiger partial charge in [0.2, 0.25) is 0 Å². The minimum atomic E-state index is 0.0853. The number of hydrogen-bond donors (Lipinski definition) is 2. The lowest BCUT2D eigenvalue weighted by molar-refractivity contribution is 0.278. The van der Waals surface area contributed by atoms with E-state index in [2.05, 4.69) is 42.8 Å². The van der Waals surface area contributed by atoms with Crippen molar-refractivity contribution < 1.29 is 5.11 Å². The Kier molecular flexibility index (Phi) is 3.19. The summed E-state index contributed by atoms with van der Waals surface area (Å²) >= 11 is 0. The van der Waals surface area contributed by atoms with E-state index in [-0.39, 0.29) is 18.1 Å². The first kappa shape index (κ1) is 13.4. The standard InChI is InChI=1S/C17H22N2O/c1-17(2)9-15(18)14-7-8-19(16(14)10-17)13-5-3-12(11-20)4-6-13/h3-8,15,20H,9-11,18H2,1-2H3. The zero-order chi connectivity index (χ0) is 14.3. The van der Waals surface area contributed by atoms with Crippen LogP contribution in [0.15, 0.2) is 36.5 Å². The topological polar surface area (TPSA) is 51.2 Å². The molecule has 0 fully saturated rings. The molecular weight excluding hydrogens is 248 g/mol. The maximum Gasteiger partial charge on any atom is 0.0681 e. The monoisotopic (exact) mass is 270 g/mol. The van der Waals surface area contributed by atoms with Crippen LogP contribution in [0.2, 0.25) is 0 Å². The van der Waals surface area contributed by atoms with Gasteiger partial charge in [0.05, 0.1) is 6.61 Å². The smallest absolute Gasteiger partial charge is 0.0681 e. The molecule has 0 spiro atoms. The van der Waals surface area contributed by atoms with Crippen molar-refractivity contribution in [2.24, 2.45) is 11.1 Å². The lowest BCUT2D eigenvalue weighted by Gasteiger charge is -2.34. The van der Waals surface area contributed by atoms with E-state index in [0.29, 0.717) is 0 Å². The van der Waals surface area contributed by atoms with E-state index >= 15 is 0 Å². The summed E-state index contributed by atoms with van der Waals surface area (Å²) in [5.41, 5.74) is 11.2. The van der Waals surface area contributed by atoms with E-state index in [1.54, 1.807) is 0 Å². The molecule has 3 heteroatoms. The number of hydrogen-bond acceptors (Lipinski definition) is 2. The number of rotatable bonds is 2. The van der Waals surface area contributed by atoms with Gasteiger partial charge in [0.25, 0.3) is 0 Å². The van der Waals surface area contributed by atoms with Crippen molar-refractivity contribution >= 4 is 0 Å². The molecule has 1 heterocycles. The molecule has 3 nitrogen and oxygen atoms in total. The largest absolute Gasteiger partial charge is 0.392 e. The third-order valence-electron chi connectivity index (χ3n) is 4.24. The van der Waals surface area contributed by atoms with E-state index in [4.69, 9.17) is 10.8 Å². The Hall–Kier alpha value is -1.58. The molecule has 1 aliphatic rings. The molecule has 1 aliphatic carbocycles. The summed E-state index contributed by atoms with van der Waals surface area (Å²) in [5, 5.41) is 9.13. The minimum Gasteiger partial charge on any atom is -0.392 e. The molecule has 106 valence electrons. The molecule has 0 saturated heterocycles. The number of nitrogens with zero attached hydrogens (tertiary/aromatic N) is 1. The van der Waals surface area contributed by atoms with Crippen LogP contribution in [0, 0.1) is 5.41 Å². The van der Waals surface area contributed by atoms with Crippen molar-refractivity contribution in [1.29, 1.82) is 0 Å². The van der Waals surface area contributed by atoms with E-state index in [1.165, 1.54) is 11.3 Å². The number of aliphatic hydroxyl groups is 1. The van der Waals surface area contributed by atoms with E-state index in [9.17, 15) is 0 Å². The van der Waals surface area contributed by atoms with Gasteiger partial charge >= 0.3 is 0 Å². The Morgan fingerprint density at radius 3 is 2.60 bits per heavy atom. The lowest BCUT2D eigenvalue weighted by atomic mass is 9.74. The van der Waals surface area contributed by atoms with Gasteiger partial charge in [0.1, 0.15) is 0 Å². The SMILES string of the molecule is CC1(C)Cc2c(ccn2-c2ccc(CO)cc2)C(N)C1. The maximum absolute atomic E-state index is 9.13. The molecule has 20 heavy (non-hydrogen) atoms. The summed E-state index contributed by atoms with van der Waals surface area (Å²) in [6.45, 7) is 4.64. The van der Waals surface area contributed by atoms with Gasteiger partial charge in [-0.2, -0.15) is 0 Å². The predicted octanol–water partition coefficient (Wildman–Crippen LogP) is 2.94. The Morgan fingerprint density at radius 2 is 1.95 bits per heavy atom. The summed E-state index contributed by atoms with van der Waals surface area (Å²) in [6, 6.07) is 10.3. The maximum atomic E-state index is 9.13. The number of benzene rings is 1. The van der Waals surface area contributed by atoms with Crippen LogP contribution >= 0.6 is 0 Å². The fourth-order valence-corrected chi connectivity index (χ4v) is 3.24. The van der Waals surface area contributed by atoms with Crippen LogP contribution in [-0.4, -0.2) is 9.67 Å². The van der Waals surface area contributed by atoms with Gasteiger partial charge in [-0.25, -0.2) is 0 Å². The van der Waals surface area contributed by atoms with Crippen LogP contribution in [0.1, 0.15) is 43.1 Å². The van der Waals surface area contributed by atoms with Crippen molar-refractivity contribution in [2.75, 3.05) is 0 Å². The second kappa shape index (κ2) is 4.76. The summed E-state index contributed by atoms with van der Waals surface area (Å²) in [4.78, 5) is 0. The zero-order valence-corrected chi connectivity index (χ0v) is 12.1. The Labute approximate surface area is 120 Å². The molecular formula is C17H22N2O. The van der Waals surface area contributed by atoms with Gasteiger partial charge in [-0.15, -0.1) is 0 Å². The van der Waals surface area contributed by atoms with Gasteiger partial charge in [0, 0.05) is 23.6 Å². The minimum absolute atomic E-state index is 0.0853.